The highest BCUT2D eigenvalue weighted by atomic mass is 16.1. The monoisotopic (exact) mass is 213 g/mol. The van der Waals surface area contributed by atoms with Crippen molar-refractivity contribution in [2.45, 2.75) is 54.0 Å². The molecule has 0 heterocycles. The molecule has 1 atom stereocenters. The highest BCUT2D eigenvalue weighted by molar-refractivity contribution is 5.85. The summed E-state index contributed by atoms with van der Waals surface area (Å²) in [6, 6.07) is 0.483. The molecule has 2 heteroatoms. The summed E-state index contributed by atoms with van der Waals surface area (Å²) in [5.74, 6) is 1.01. The van der Waals surface area contributed by atoms with Crippen LogP contribution in [0, 0.1) is 11.3 Å². The Balaban J connectivity index is 4.13. The molecule has 0 aromatic rings. The van der Waals surface area contributed by atoms with E-state index in [1.165, 1.54) is 0 Å². The van der Waals surface area contributed by atoms with E-state index in [0.29, 0.717) is 24.3 Å². The molecule has 0 rings (SSSR count). The summed E-state index contributed by atoms with van der Waals surface area (Å²) in [4.78, 5) is 14.0. The number of rotatable bonds is 5. The van der Waals surface area contributed by atoms with Gasteiger partial charge < -0.3 is 0 Å². The average molecular weight is 213 g/mol. The predicted octanol–water partition coefficient (Wildman–Crippen LogP) is 2.97. The molecule has 0 aliphatic carbocycles. The highest BCUT2D eigenvalue weighted by Gasteiger charge is 2.23. The quantitative estimate of drug-likeness (QED) is 0.700. The first-order valence-corrected chi connectivity index (χ1v) is 5.88. The van der Waals surface area contributed by atoms with Gasteiger partial charge in [0.15, 0.2) is 5.78 Å². The fraction of sp³-hybridized carbons (Fsp3) is 0.923. The van der Waals surface area contributed by atoms with Gasteiger partial charge in [0.1, 0.15) is 0 Å². The number of nitrogens with zero attached hydrogens (tertiary/aromatic N) is 1. The van der Waals surface area contributed by atoms with Crippen LogP contribution in [0.4, 0.5) is 0 Å². The Morgan fingerprint density at radius 3 is 2.00 bits per heavy atom. The van der Waals surface area contributed by atoms with E-state index in [9.17, 15) is 4.79 Å². The third-order valence-corrected chi connectivity index (χ3v) is 2.79. The van der Waals surface area contributed by atoms with Gasteiger partial charge in [-0.05, 0) is 26.3 Å². The number of likely N-dealkylation sites (N-methyl/N-ethyl adjacent to an activating group) is 1. The minimum absolute atomic E-state index is 0.216. The Bertz CT molecular complexity index is 203. The van der Waals surface area contributed by atoms with Crippen LogP contribution < -0.4 is 0 Å². The molecule has 0 saturated heterocycles. The van der Waals surface area contributed by atoms with Crippen LogP contribution >= 0.6 is 0 Å². The Morgan fingerprint density at radius 1 is 1.20 bits per heavy atom. The third kappa shape index (κ3) is 5.93. The molecular weight excluding hydrogens is 186 g/mol. The predicted molar refractivity (Wildman–Crippen MR) is 66.0 cm³/mol. The van der Waals surface area contributed by atoms with Crippen LogP contribution in [-0.4, -0.2) is 30.3 Å². The summed E-state index contributed by atoms with van der Waals surface area (Å²) in [5, 5.41) is 0. The summed E-state index contributed by atoms with van der Waals surface area (Å²) in [6.07, 6.45) is 1.15. The minimum Gasteiger partial charge on any atom is -0.298 e. The van der Waals surface area contributed by atoms with Gasteiger partial charge in [-0.2, -0.15) is 0 Å². The van der Waals surface area contributed by atoms with Crippen LogP contribution in [0.1, 0.15) is 48.0 Å². The molecule has 0 N–H and O–H groups in total. The number of ketones is 1. The summed E-state index contributed by atoms with van der Waals surface area (Å²) < 4.78 is 0. The van der Waals surface area contributed by atoms with E-state index in [4.69, 9.17) is 0 Å². The second-order valence-corrected chi connectivity index (χ2v) is 6.07. The van der Waals surface area contributed by atoms with Crippen LogP contribution in [0.2, 0.25) is 0 Å². The lowest BCUT2D eigenvalue weighted by atomic mass is 9.90. The molecule has 15 heavy (non-hydrogen) atoms. The Labute approximate surface area is 95.0 Å². The van der Waals surface area contributed by atoms with E-state index in [0.717, 1.165) is 6.42 Å². The van der Waals surface area contributed by atoms with E-state index in [-0.39, 0.29) is 5.41 Å². The SMILES string of the molecule is CC(C)CC(C)N(C)CC(=O)C(C)(C)C. The van der Waals surface area contributed by atoms with Crippen LogP contribution in [0.3, 0.4) is 0 Å². The van der Waals surface area contributed by atoms with Crippen LogP contribution in [0.25, 0.3) is 0 Å². The normalized spacial score (nSPS) is 14.7. The summed E-state index contributed by atoms with van der Waals surface area (Å²) in [6.45, 7) is 13.1. The van der Waals surface area contributed by atoms with Crippen molar-refractivity contribution in [1.82, 2.24) is 4.90 Å². The van der Waals surface area contributed by atoms with Crippen molar-refractivity contribution in [1.29, 1.82) is 0 Å². The molecule has 0 aromatic heterocycles. The Hall–Kier alpha value is -0.370. The second kappa shape index (κ2) is 5.64. The summed E-state index contributed by atoms with van der Waals surface area (Å²) >= 11 is 0. The molecule has 0 amide bonds. The van der Waals surface area contributed by atoms with Gasteiger partial charge >= 0.3 is 0 Å². The van der Waals surface area contributed by atoms with Crippen molar-refractivity contribution in [3.63, 3.8) is 0 Å². The van der Waals surface area contributed by atoms with Crippen LogP contribution in [0.15, 0.2) is 0 Å². The smallest absolute Gasteiger partial charge is 0.152 e. The standard InChI is InChI=1S/C13H27NO/c1-10(2)8-11(3)14(7)9-12(15)13(4,5)6/h10-11H,8-9H2,1-7H3. The van der Waals surface area contributed by atoms with Crippen molar-refractivity contribution in [3.8, 4) is 0 Å². The first kappa shape index (κ1) is 14.6. The number of carbonyl (C=O) groups excluding carboxylic acids is 1. The van der Waals surface area contributed by atoms with Crippen LogP contribution in [0.5, 0.6) is 0 Å². The van der Waals surface area contributed by atoms with E-state index < -0.39 is 0 Å². The van der Waals surface area contributed by atoms with Gasteiger partial charge in [-0.3, -0.25) is 9.69 Å². The fourth-order valence-corrected chi connectivity index (χ4v) is 1.48. The van der Waals surface area contributed by atoms with Crippen molar-refractivity contribution >= 4 is 5.78 Å². The average Bonchev–Trinajstić information content (AvgIpc) is 2.00. The van der Waals surface area contributed by atoms with Crippen molar-refractivity contribution in [2.75, 3.05) is 13.6 Å². The van der Waals surface area contributed by atoms with Gasteiger partial charge in [0.05, 0.1) is 6.54 Å². The molecule has 0 spiro atoms. The van der Waals surface area contributed by atoms with Crippen LogP contribution in [-0.2, 0) is 4.79 Å². The maximum atomic E-state index is 11.8. The topological polar surface area (TPSA) is 20.3 Å². The zero-order chi connectivity index (χ0) is 12.2. The minimum atomic E-state index is -0.216. The fourth-order valence-electron chi connectivity index (χ4n) is 1.48. The number of hydrogen-bond donors (Lipinski definition) is 0. The van der Waals surface area contributed by atoms with E-state index in [2.05, 4.69) is 25.7 Å². The largest absolute Gasteiger partial charge is 0.298 e. The van der Waals surface area contributed by atoms with E-state index in [1.807, 2.05) is 27.8 Å². The van der Waals surface area contributed by atoms with E-state index >= 15 is 0 Å². The molecule has 90 valence electrons. The molecule has 0 fully saturated rings. The first-order valence-electron chi connectivity index (χ1n) is 5.88. The summed E-state index contributed by atoms with van der Waals surface area (Å²) in [7, 11) is 2.04. The van der Waals surface area contributed by atoms with Gasteiger partial charge in [0.25, 0.3) is 0 Å². The first-order chi connectivity index (χ1) is 6.64. The van der Waals surface area contributed by atoms with Crippen molar-refractivity contribution in [3.05, 3.63) is 0 Å². The molecule has 0 saturated carbocycles. The zero-order valence-corrected chi connectivity index (χ0v) is 11.4. The van der Waals surface area contributed by atoms with Gasteiger partial charge in [-0.1, -0.05) is 34.6 Å². The summed E-state index contributed by atoms with van der Waals surface area (Å²) in [5.41, 5.74) is -0.216. The lowest BCUT2D eigenvalue weighted by molar-refractivity contribution is -0.127. The Morgan fingerprint density at radius 2 is 1.67 bits per heavy atom. The second-order valence-electron chi connectivity index (χ2n) is 6.07. The van der Waals surface area contributed by atoms with Crippen molar-refractivity contribution < 1.29 is 4.79 Å². The van der Waals surface area contributed by atoms with Crippen molar-refractivity contribution in [2.24, 2.45) is 11.3 Å². The molecule has 0 aliphatic rings. The molecular formula is C13H27NO. The van der Waals surface area contributed by atoms with Gasteiger partial charge in [0.2, 0.25) is 0 Å². The number of Topliss-reactive ketones (excluding diaryl/α,β-unsaturated/α-hetero) is 1. The molecule has 2 nitrogen and oxygen atoms in total. The zero-order valence-electron chi connectivity index (χ0n) is 11.4. The third-order valence-electron chi connectivity index (χ3n) is 2.79. The molecule has 0 aromatic carbocycles. The Kier molecular flexibility index (Phi) is 5.50. The maximum Gasteiger partial charge on any atom is 0.152 e. The maximum absolute atomic E-state index is 11.8. The number of hydrogen-bond acceptors (Lipinski definition) is 2. The van der Waals surface area contributed by atoms with Gasteiger partial charge in [-0.15, -0.1) is 0 Å². The van der Waals surface area contributed by atoms with Gasteiger partial charge in [-0.25, -0.2) is 0 Å². The number of carbonyl (C=O) groups is 1. The lowest BCUT2D eigenvalue weighted by Gasteiger charge is -2.28. The molecule has 0 bridgehead atoms. The van der Waals surface area contributed by atoms with E-state index in [1.54, 1.807) is 0 Å². The molecule has 0 aliphatic heterocycles. The lowest BCUT2D eigenvalue weighted by Crippen LogP contribution is -2.38. The molecule has 0 radical (unpaired) electrons. The highest BCUT2D eigenvalue weighted by Crippen LogP contribution is 2.16. The van der Waals surface area contributed by atoms with Gasteiger partial charge in [0, 0.05) is 11.5 Å². The molecule has 1 unspecified atom stereocenters.